The van der Waals surface area contributed by atoms with E-state index in [4.69, 9.17) is 10.3 Å². The van der Waals surface area contributed by atoms with Crippen LogP contribution in [0.3, 0.4) is 0 Å². The fraction of sp³-hybridized carbons (Fsp3) is 0.316. The minimum atomic E-state index is -0.0796. The summed E-state index contributed by atoms with van der Waals surface area (Å²) in [5.74, 6) is 1.22. The van der Waals surface area contributed by atoms with Crippen molar-refractivity contribution in [2.45, 2.75) is 32.4 Å². The van der Waals surface area contributed by atoms with Crippen LogP contribution >= 0.6 is 0 Å². The first-order chi connectivity index (χ1) is 13.6. The van der Waals surface area contributed by atoms with Gasteiger partial charge in [0.15, 0.2) is 0 Å². The van der Waals surface area contributed by atoms with Crippen molar-refractivity contribution in [3.63, 3.8) is 0 Å². The molecule has 144 valence electrons. The van der Waals surface area contributed by atoms with Crippen molar-refractivity contribution in [3.8, 4) is 11.4 Å². The van der Waals surface area contributed by atoms with Gasteiger partial charge in [0.05, 0.1) is 11.6 Å². The summed E-state index contributed by atoms with van der Waals surface area (Å²) < 4.78 is 5.53. The third-order valence-corrected chi connectivity index (χ3v) is 4.73. The zero-order valence-corrected chi connectivity index (χ0v) is 15.5. The maximum absolute atomic E-state index is 11.1. The van der Waals surface area contributed by atoms with E-state index in [2.05, 4.69) is 30.3 Å². The Hall–Kier alpha value is -3.33. The van der Waals surface area contributed by atoms with Gasteiger partial charge in [-0.15, -0.1) is 0 Å². The van der Waals surface area contributed by atoms with E-state index in [-0.39, 0.29) is 11.9 Å². The highest BCUT2D eigenvalue weighted by Crippen LogP contribution is 2.33. The highest BCUT2D eigenvalue weighted by molar-refractivity contribution is 5.88. The largest absolute Gasteiger partial charge is 0.383 e. The first kappa shape index (κ1) is 18.1. The zero-order chi connectivity index (χ0) is 19.5. The topological polar surface area (TPSA) is 123 Å². The summed E-state index contributed by atoms with van der Waals surface area (Å²) >= 11 is 0. The first-order valence-corrected chi connectivity index (χ1v) is 9.10. The molecule has 1 atom stereocenters. The number of anilines is 2. The molecule has 3 N–H and O–H groups in total. The summed E-state index contributed by atoms with van der Waals surface area (Å²) in [5.41, 5.74) is 8.39. The number of rotatable bonds is 5. The van der Waals surface area contributed by atoms with E-state index in [9.17, 15) is 4.79 Å². The Morgan fingerprint density at radius 3 is 2.93 bits per heavy atom. The Bertz CT molecular complexity index is 970. The molecule has 1 aliphatic heterocycles. The number of nitrogens with two attached hydrogens (primary N) is 1. The molecule has 1 aromatic carbocycles. The normalized spacial score (nSPS) is 17.0. The van der Waals surface area contributed by atoms with Crippen molar-refractivity contribution in [3.05, 3.63) is 48.2 Å². The third-order valence-electron chi connectivity index (χ3n) is 4.73. The lowest BCUT2D eigenvalue weighted by Gasteiger charge is -2.21. The molecule has 4 rings (SSSR count). The number of benzene rings is 1. The lowest BCUT2D eigenvalue weighted by Crippen LogP contribution is -2.23. The van der Waals surface area contributed by atoms with Gasteiger partial charge in [0, 0.05) is 25.4 Å². The van der Waals surface area contributed by atoms with Crippen molar-refractivity contribution < 1.29 is 9.32 Å². The van der Waals surface area contributed by atoms with Gasteiger partial charge in [-0.3, -0.25) is 9.69 Å². The zero-order valence-electron chi connectivity index (χ0n) is 15.5. The van der Waals surface area contributed by atoms with E-state index >= 15 is 0 Å². The molecular weight excluding hydrogens is 358 g/mol. The molecule has 3 aromatic rings. The van der Waals surface area contributed by atoms with Gasteiger partial charge in [-0.1, -0.05) is 17.3 Å². The van der Waals surface area contributed by atoms with Crippen molar-refractivity contribution in [1.29, 1.82) is 0 Å². The second-order valence-electron chi connectivity index (χ2n) is 6.78. The number of aromatic nitrogens is 4. The molecule has 9 heteroatoms. The predicted octanol–water partition coefficient (Wildman–Crippen LogP) is 2.40. The molecule has 3 heterocycles. The molecule has 28 heavy (non-hydrogen) atoms. The number of hydrogen-bond acceptors (Lipinski definition) is 8. The van der Waals surface area contributed by atoms with E-state index in [0.29, 0.717) is 23.1 Å². The predicted molar refractivity (Wildman–Crippen MR) is 103 cm³/mol. The molecule has 1 aliphatic rings. The van der Waals surface area contributed by atoms with Crippen LogP contribution in [0.5, 0.6) is 0 Å². The quantitative estimate of drug-likeness (QED) is 0.693. The van der Waals surface area contributed by atoms with Gasteiger partial charge in [-0.2, -0.15) is 4.98 Å². The van der Waals surface area contributed by atoms with Gasteiger partial charge in [0.2, 0.25) is 17.6 Å². The Morgan fingerprint density at radius 2 is 2.18 bits per heavy atom. The number of carbonyl (C=O) groups excluding carboxylic acids is 1. The van der Waals surface area contributed by atoms with Gasteiger partial charge >= 0.3 is 0 Å². The van der Waals surface area contributed by atoms with Gasteiger partial charge < -0.3 is 15.6 Å². The van der Waals surface area contributed by atoms with E-state index < -0.39 is 0 Å². The smallest absolute Gasteiger partial charge is 0.244 e. The van der Waals surface area contributed by atoms with Crippen LogP contribution in [0.2, 0.25) is 0 Å². The molecule has 0 spiro atoms. The monoisotopic (exact) mass is 379 g/mol. The summed E-state index contributed by atoms with van der Waals surface area (Å²) in [6, 6.07) is 7.90. The Labute approximate surface area is 162 Å². The van der Waals surface area contributed by atoms with Crippen LogP contribution in [0.15, 0.2) is 41.3 Å². The summed E-state index contributed by atoms with van der Waals surface area (Å²) in [7, 11) is 0. The standard InChI is InChI=1S/C19H21N7O2/c1-12(27)23-14-6-4-13(5-7-14)10-26-8-2-3-16(26)19-24-18(25-28-19)15-9-21-11-22-17(15)20/h4-7,9,11,16H,2-3,8,10H2,1H3,(H,23,27)(H2,20,21,22). The van der Waals surface area contributed by atoms with Crippen LogP contribution in [0.1, 0.15) is 37.3 Å². The minimum Gasteiger partial charge on any atom is -0.383 e. The minimum absolute atomic E-state index is 0.0575. The van der Waals surface area contributed by atoms with Crippen molar-refractivity contribution in [1.82, 2.24) is 25.0 Å². The van der Waals surface area contributed by atoms with Gasteiger partial charge in [0.25, 0.3) is 0 Å². The molecule has 9 nitrogen and oxygen atoms in total. The highest BCUT2D eigenvalue weighted by atomic mass is 16.5. The fourth-order valence-corrected chi connectivity index (χ4v) is 3.42. The number of carbonyl (C=O) groups is 1. The maximum Gasteiger partial charge on any atom is 0.244 e. The van der Waals surface area contributed by atoms with Crippen LogP contribution in [0.4, 0.5) is 11.5 Å². The number of nitrogens with zero attached hydrogens (tertiary/aromatic N) is 5. The summed E-state index contributed by atoms with van der Waals surface area (Å²) in [6.07, 6.45) is 4.98. The summed E-state index contributed by atoms with van der Waals surface area (Å²) in [5, 5.41) is 6.84. The average molecular weight is 379 g/mol. The lowest BCUT2D eigenvalue weighted by molar-refractivity contribution is -0.114. The molecule has 1 unspecified atom stereocenters. The Morgan fingerprint density at radius 1 is 1.36 bits per heavy atom. The van der Waals surface area contributed by atoms with Gasteiger partial charge in [-0.05, 0) is 37.1 Å². The van der Waals surface area contributed by atoms with E-state index in [1.807, 2.05) is 24.3 Å². The van der Waals surface area contributed by atoms with Crippen molar-refractivity contribution >= 4 is 17.4 Å². The molecule has 1 amide bonds. The van der Waals surface area contributed by atoms with E-state index in [0.717, 1.165) is 37.2 Å². The Kier molecular flexibility index (Phi) is 4.98. The molecule has 0 radical (unpaired) electrons. The highest BCUT2D eigenvalue weighted by Gasteiger charge is 2.31. The first-order valence-electron chi connectivity index (χ1n) is 9.10. The number of nitrogen functional groups attached to an aromatic ring is 1. The van der Waals surface area contributed by atoms with Crippen LogP contribution in [0.25, 0.3) is 11.4 Å². The van der Waals surface area contributed by atoms with Crippen LogP contribution < -0.4 is 11.1 Å². The molecule has 1 saturated heterocycles. The maximum atomic E-state index is 11.1. The van der Waals surface area contributed by atoms with Crippen molar-refractivity contribution in [2.24, 2.45) is 0 Å². The fourth-order valence-electron chi connectivity index (χ4n) is 3.42. The molecule has 2 aromatic heterocycles. The van der Waals surface area contributed by atoms with Crippen molar-refractivity contribution in [2.75, 3.05) is 17.6 Å². The molecule has 1 fully saturated rings. The Balaban J connectivity index is 1.48. The van der Waals surface area contributed by atoms with Gasteiger partial charge in [0.1, 0.15) is 12.1 Å². The second kappa shape index (κ2) is 7.73. The summed E-state index contributed by atoms with van der Waals surface area (Å²) in [6.45, 7) is 3.21. The van der Waals surface area contributed by atoms with Crippen LogP contribution in [-0.4, -0.2) is 37.5 Å². The molecule has 0 bridgehead atoms. The molecule has 0 saturated carbocycles. The average Bonchev–Trinajstić information content (AvgIpc) is 3.32. The number of likely N-dealkylation sites (tertiary alicyclic amines) is 1. The summed E-state index contributed by atoms with van der Waals surface area (Å²) in [4.78, 5) is 25.9. The van der Waals surface area contributed by atoms with Crippen LogP contribution in [-0.2, 0) is 11.3 Å². The third kappa shape index (κ3) is 3.84. The lowest BCUT2D eigenvalue weighted by atomic mass is 10.1. The van der Waals surface area contributed by atoms with Crippen LogP contribution in [0, 0.1) is 0 Å². The second-order valence-corrected chi connectivity index (χ2v) is 6.78. The van der Waals surface area contributed by atoms with Gasteiger partial charge in [-0.25, -0.2) is 9.97 Å². The number of amides is 1. The van der Waals surface area contributed by atoms with E-state index in [1.54, 1.807) is 6.20 Å². The number of nitrogens with one attached hydrogen (secondary N) is 1. The molecule has 0 aliphatic carbocycles. The number of hydrogen-bond donors (Lipinski definition) is 2. The SMILES string of the molecule is CC(=O)Nc1ccc(CN2CCCC2c2nc(-c3cncnc3N)no2)cc1. The van der Waals surface area contributed by atoms with E-state index in [1.165, 1.54) is 13.3 Å². The molecular formula is C19H21N7O2.